The van der Waals surface area contributed by atoms with E-state index in [0.717, 1.165) is 22.4 Å². The topological polar surface area (TPSA) is 102 Å². The van der Waals surface area contributed by atoms with E-state index in [1.807, 2.05) is 84.9 Å². The van der Waals surface area contributed by atoms with Crippen molar-refractivity contribution in [1.29, 1.82) is 0 Å². The number of hydrogen-bond donors (Lipinski definition) is 1. The fraction of sp³-hybridized carbons (Fsp3) is 0.306. The van der Waals surface area contributed by atoms with Crippen LogP contribution in [0.25, 0.3) is 0 Å². The lowest BCUT2D eigenvalue weighted by molar-refractivity contribution is -0.308. The Morgan fingerprint density at radius 3 is 1.73 bits per heavy atom. The highest BCUT2D eigenvalue weighted by Crippen LogP contribution is 2.30. The van der Waals surface area contributed by atoms with Crippen LogP contribution in [0.4, 0.5) is 0 Å². The van der Waals surface area contributed by atoms with Crippen LogP contribution >= 0.6 is 0 Å². The quantitative estimate of drug-likeness (QED) is 0.189. The van der Waals surface area contributed by atoms with Crippen molar-refractivity contribution in [1.82, 2.24) is 0 Å². The van der Waals surface area contributed by atoms with Crippen LogP contribution in [0.2, 0.25) is 0 Å². The summed E-state index contributed by atoms with van der Waals surface area (Å²) in [5.74, 6) is 0.900. The fourth-order valence-electron chi connectivity index (χ4n) is 5.00. The number of rotatable bonds is 14. The lowest BCUT2D eigenvalue weighted by Crippen LogP contribution is -2.61. The molecule has 0 saturated carbocycles. The van der Waals surface area contributed by atoms with Crippen molar-refractivity contribution in [2.75, 3.05) is 20.8 Å². The van der Waals surface area contributed by atoms with Gasteiger partial charge in [0.2, 0.25) is 0 Å². The summed E-state index contributed by atoms with van der Waals surface area (Å²) in [4.78, 5) is 13.4. The Bertz CT molecular complexity index is 1450. The van der Waals surface area contributed by atoms with Crippen LogP contribution in [0.1, 0.15) is 27.0 Å². The fourth-order valence-corrected chi connectivity index (χ4v) is 5.00. The molecule has 9 heteroatoms. The van der Waals surface area contributed by atoms with Crippen LogP contribution in [-0.2, 0) is 43.5 Å². The first-order valence-electron chi connectivity index (χ1n) is 14.7. The van der Waals surface area contributed by atoms with E-state index in [9.17, 15) is 9.90 Å². The zero-order chi connectivity index (χ0) is 31.4. The third-order valence-corrected chi connectivity index (χ3v) is 7.46. The maximum Gasteiger partial charge on any atom is 0.338 e. The summed E-state index contributed by atoms with van der Waals surface area (Å²) in [5.41, 5.74) is 3.05. The van der Waals surface area contributed by atoms with E-state index in [1.54, 1.807) is 38.5 Å². The minimum absolute atomic E-state index is 0.0175. The molecule has 4 aromatic carbocycles. The molecule has 1 aliphatic rings. The van der Waals surface area contributed by atoms with E-state index in [0.29, 0.717) is 11.3 Å². The minimum Gasteiger partial charge on any atom is -0.497 e. The number of carbonyl (C=O) groups excluding carboxylic acids is 1. The molecule has 0 bridgehead atoms. The Labute approximate surface area is 263 Å². The largest absolute Gasteiger partial charge is 0.497 e. The molecule has 1 fully saturated rings. The normalized spacial score (nSPS) is 21.2. The molecule has 5 atom stereocenters. The Morgan fingerprint density at radius 2 is 1.16 bits per heavy atom. The summed E-state index contributed by atoms with van der Waals surface area (Å²) in [6.45, 7) is 0.631. The average molecular weight is 615 g/mol. The van der Waals surface area contributed by atoms with Crippen molar-refractivity contribution in [2.45, 2.75) is 50.5 Å². The Hall–Kier alpha value is -4.25. The van der Waals surface area contributed by atoms with Gasteiger partial charge in [-0.15, -0.1) is 0 Å². The number of carbonyl (C=O) groups is 1. The Balaban J connectivity index is 1.39. The molecule has 0 amide bonds. The molecule has 0 unspecified atom stereocenters. The summed E-state index contributed by atoms with van der Waals surface area (Å²) in [7, 11) is 3.21. The predicted molar refractivity (Wildman–Crippen MR) is 166 cm³/mol. The van der Waals surface area contributed by atoms with E-state index in [4.69, 9.17) is 33.2 Å². The monoisotopic (exact) mass is 614 g/mol. The number of aliphatic hydroxyl groups excluding tert-OH is 1. The zero-order valence-electron chi connectivity index (χ0n) is 25.3. The lowest BCUT2D eigenvalue weighted by Gasteiger charge is -2.44. The first-order chi connectivity index (χ1) is 22.0. The number of esters is 1. The molecular formula is C36H38O9. The van der Waals surface area contributed by atoms with Gasteiger partial charge >= 0.3 is 5.97 Å². The van der Waals surface area contributed by atoms with Gasteiger partial charge < -0.3 is 38.3 Å². The van der Waals surface area contributed by atoms with E-state index in [2.05, 4.69) is 0 Å². The van der Waals surface area contributed by atoms with Crippen LogP contribution in [0.5, 0.6) is 11.5 Å². The molecular weight excluding hydrogens is 576 g/mol. The van der Waals surface area contributed by atoms with Crippen LogP contribution < -0.4 is 9.47 Å². The number of aliphatic hydroxyl groups is 1. The van der Waals surface area contributed by atoms with E-state index in [-0.39, 0.29) is 26.4 Å². The minimum atomic E-state index is -1.38. The van der Waals surface area contributed by atoms with E-state index >= 15 is 0 Å². The van der Waals surface area contributed by atoms with Gasteiger partial charge in [0.05, 0.1) is 46.2 Å². The predicted octanol–water partition coefficient (Wildman–Crippen LogP) is 5.33. The second kappa shape index (κ2) is 16.2. The first kappa shape index (κ1) is 32.2. The third kappa shape index (κ3) is 8.91. The molecule has 5 rings (SSSR count). The summed E-state index contributed by atoms with van der Waals surface area (Å²) in [5, 5.41) is 11.2. The molecule has 0 radical (unpaired) electrons. The highest BCUT2D eigenvalue weighted by atomic mass is 16.7. The van der Waals surface area contributed by atoms with E-state index < -0.39 is 36.7 Å². The van der Waals surface area contributed by atoms with E-state index in [1.165, 1.54) is 0 Å². The van der Waals surface area contributed by atoms with Gasteiger partial charge in [0.1, 0.15) is 29.8 Å². The molecule has 1 aliphatic heterocycles. The summed E-state index contributed by atoms with van der Waals surface area (Å²) in [6.07, 6.45) is -5.09. The molecule has 45 heavy (non-hydrogen) atoms. The van der Waals surface area contributed by atoms with Crippen molar-refractivity contribution < 1.29 is 43.1 Å². The molecule has 0 aromatic heterocycles. The molecule has 236 valence electrons. The standard InChI is InChI=1S/C36H38O9/c1-39-29-17-13-26(14-18-29)21-41-24-31-32(45-35(37)28-11-7-4-8-12-28)33(42-23-27-15-19-30(40-2)20-16-27)34(36(38)44-31)43-22-25-9-5-3-6-10-25/h3-20,31-34,36,38H,21-24H2,1-2H3/t31-,32-,33+,34-,36+/m1/s1. The Morgan fingerprint density at radius 1 is 0.644 bits per heavy atom. The molecule has 0 spiro atoms. The maximum atomic E-state index is 13.4. The van der Waals surface area contributed by atoms with Crippen molar-refractivity contribution in [2.24, 2.45) is 0 Å². The van der Waals surface area contributed by atoms with Gasteiger partial charge in [-0.05, 0) is 53.1 Å². The van der Waals surface area contributed by atoms with Gasteiger partial charge in [-0.2, -0.15) is 0 Å². The maximum absolute atomic E-state index is 13.4. The van der Waals surface area contributed by atoms with Crippen LogP contribution in [0.15, 0.2) is 109 Å². The number of benzene rings is 4. The second-order valence-corrected chi connectivity index (χ2v) is 10.5. The smallest absolute Gasteiger partial charge is 0.338 e. The van der Waals surface area contributed by atoms with Crippen molar-refractivity contribution >= 4 is 5.97 Å². The molecule has 9 nitrogen and oxygen atoms in total. The molecule has 0 aliphatic carbocycles. The van der Waals surface area contributed by atoms with Gasteiger partial charge in [-0.25, -0.2) is 4.79 Å². The first-order valence-corrected chi connectivity index (χ1v) is 14.7. The lowest BCUT2D eigenvalue weighted by atomic mass is 9.98. The van der Waals surface area contributed by atoms with Crippen molar-refractivity contribution in [3.05, 3.63) is 131 Å². The highest BCUT2D eigenvalue weighted by molar-refractivity contribution is 5.89. The highest BCUT2D eigenvalue weighted by Gasteiger charge is 2.49. The number of hydrogen-bond acceptors (Lipinski definition) is 9. The molecule has 1 N–H and O–H groups in total. The number of methoxy groups -OCH3 is 2. The molecule has 1 heterocycles. The second-order valence-electron chi connectivity index (χ2n) is 10.5. The van der Waals surface area contributed by atoms with Crippen LogP contribution in [0.3, 0.4) is 0 Å². The number of ether oxygens (including phenoxy) is 7. The zero-order valence-corrected chi connectivity index (χ0v) is 25.3. The van der Waals surface area contributed by atoms with Gasteiger partial charge in [0.25, 0.3) is 0 Å². The van der Waals surface area contributed by atoms with Crippen molar-refractivity contribution in [3.63, 3.8) is 0 Å². The Kier molecular flexibility index (Phi) is 11.6. The molecule has 4 aromatic rings. The van der Waals surface area contributed by atoms with Gasteiger partial charge in [-0.1, -0.05) is 72.8 Å². The third-order valence-electron chi connectivity index (χ3n) is 7.46. The molecule has 1 saturated heterocycles. The average Bonchev–Trinajstić information content (AvgIpc) is 3.09. The van der Waals surface area contributed by atoms with Crippen LogP contribution in [-0.4, -0.2) is 62.6 Å². The van der Waals surface area contributed by atoms with Crippen molar-refractivity contribution in [3.8, 4) is 11.5 Å². The summed E-state index contributed by atoms with van der Waals surface area (Å²) in [6, 6.07) is 33.2. The van der Waals surface area contributed by atoms with Gasteiger partial charge in [0.15, 0.2) is 12.4 Å². The summed E-state index contributed by atoms with van der Waals surface area (Å²) >= 11 is 0. The van der Waals surface area contributed by atoms with Crippen LogP contribution in [0, 0.1) is 0 Å². The van der Waals surface area contributed by atoms with Gasteiger partial charge in [0, 0.05) is 0 Å². The SMILES string of the molecule is COc1ccc(COC[C@H]2O[C@H](O)[C@H](OCc3ccccc3)[C@@H](OCc3ccc(OC)cc3)[C@@H]2OC(=O)c2ccccc2)cc1. The summed E-state index contributed by atoms with van der Waals surface area (Å²) < 4.78 is 41.3. The van der Waals surface area contributed by atoms with Gasteiger partial charge in [-0.3, -0.25) is 0 Å².